The molecule has 1 aromatic rings. The zero-order valence-corrected chi connectivity index (χ0v) is 21.3. The van der Waals surface area contributed by atoms with Gasteiger partial charge in [0.05, 0.1) is 37.3 Å². The first-order valence-electron chi connectivity index (χ1n) is 13.1. The maximum atomic E-state index is 13.2. The van der Waals surface area contributed by atoms with Crippen LogP contribution in [-0.2, 0) is 28.5 Å². The predicted octanol–water partition coefficient (Wildman–Crippen LogP) is -0.202. The molecule has 12 nitrogen and oxygen atoms in total. The molecule has 3 heterocycles. The van der Waals surface area contributed by atoms with Crippen LogP contribution in [0.3, 0.4) is 0 Å². The van der Waals surface area contributed by atoms with E-state index >= 15 is 0 Å². The number of aliphatic hydroxyl groups is 5. The minimum atomic E-state index is -1.61. The standard InChI is InChI=1S/C26H36O12/c1-11(28)35-23-15(29)7-16(37-25-22(32)21(31)20(30)18(9-27)38-25)13-3-4-14-24(33)36-17(12-5-6-34-10-12)8-26(14,2)19(13)23/h5-6,10,13-23,25,27,29-32H,3-4,7-9H2,1-2H3. The lowest BCUT2D eigenvalue weighted by atomic mass is 9.49. The van der Waals surface area contributed by atoms with Crippen molar-refractivity contribution in [3.8, 4) is 0 Å². The first kappa shape index (κ1) is 27.5. The van der Waals surface area contributed by atoms with E-state index in [1.54, 1.807) is 6.07 Å². The van der Waals surface area contributed by atoms with Crippen LogP contribution in [0.15, 0.2) is 23.0 Å². The van der Waals surface area contributed by atoms with Gasteiger partial charge in [-0.15, -0.1) is 0 Å². The van der Waals surface area contributed by atoms with E-state index in [1.807, 2.05) is 6.92 Å². The highest BCUT2D eigenvalue weighted by molar-refractivity contribution is 5.75. The first-order valence-corrected chi connectivity index (χ1v) is 13.1. The number of ether oxygens (including phenoxy) is 4. The molecule has 1 aromatic heterocycles. The number of rotatable bonds is 5. The van der Waals surface area contributed by atoms with Crippen LogP contribution >= 0.6 is 0 Å². The molecule has 2 saturated heterocycles. The Labute approximate surface area is 219 Å². The number of hydrogen-bond acceptors (Lipinski definition) is 12. The second-order valence-electron chi connectivity index (χ2n) is 11.3. The van der Waals surface area contributed by atoms with Crippen molar-refractivity contribution in [1.82, 2.24) is 0 Å². The molecule has 0 radical (unpaired) electrons. The fourth-order valence-electron chi connectivity index (χ4n) is 7.24. The van der Waals surface area contributed by atoms with Gasteiger partial charge in [-0.05, 0) is 36.7 Å². The van der Waals surface area contributed by atoms with Gasteiger partial charge in [0.1, 0.15) is 36.6 Å². The summed E-state index contributed by atoms with van der Waals surface area (Å²) in [6, 6.07) is 1.73. The molecule has 0 spiro atoms. The molecule has 12 heteroatoms. The number of aliphatic hydroxyl groups excluding tert-OH is 5. The monoisotopic (exact) mass is 540 g/mol. The molecular weight excluding hydrogens is 504 g/mol. The van der Waals surface area contributed by atoms with Gasteiger partial charge in [-0.2, -0.15) is 0 Å². The summed E-state index contributed by atoms with van der Waals surface area (Å²) >= 11 is 0. The summed E-state index contributed by atoms with van der Waals surface area (Å²) in [6.45, 7) is 2.61. The third-order valence-corrected chi connectivity index (χ3v) is 9.03. The fourth-order valence-corrected chi connectivity index (χ4v) is 7.24. The van der Waals surface area contributed by atoms with E-state index in [4.69, 9.17) is 23.4 Å². The molecule has 212 valence electrons. The maximum absolute atomic E-state index is 13.2. The Balaban J connectivity index is 1.47. The third-order valence-electron chi connectivity index (χ3n) is 9.03. The van der Waals surface area contributed by atoms with Gasteiger partial charge in [0.15, 0.2) is 6.29 Å². The van der Waals surface area contributed by atoms with Crippen LogP contribution < -0.4 is 0 Å². The Morgan fingerprint density at radius 1 is 1.16 bits per heavy atom. The van der Waals surface area contributed by atoms with Crippen LogP contribution in [0.1, 0.15) is 51.2 Å². The van der Waals surface area contributed by atoms with E-state index in [2.05, 4.69) is 0 Å². The van der Waals surface area contributed by atoms with Crippen molar-refractivity contribution in [2.75, 3.05) is 6.61 Å². The van der Waals surface area contributed by atoms with Gasteiger partial charge in [-0.1, -0.05) is 6.92 Å². The van der Waals surface area contributed by atoms with Crippen LogP contribution in [0.5, 0.6) is 0 Å². The Morgan fingerprint density at radius 3 is 2.58 bits per heavy atom. The molecule has 0 amide bonds. The number of furan rings is 1. The quantitative estimate of drug-likeness (QED) is 0.310. The Bertz CT molecular complexity index is 996. The van der Waals surface area contributed by atoms with Crippen LogP contribution in [0.25, 0.3) is 0 Å². The minimum absolute atomic E-state index is 0.0461. The topological polar surface area (TPSA) is 185 Å². The summed E-state index contributed by atoms with van der Waals surface area (Å²) in [5.74, 6) is -2.24. The average Bonchev–Trinajstić information content (AvgIpc) is 3.41. The Kier molecular flexibility index (Phi) is 7.59. The molecule has 38 heavy (non-hydrogen) atoms. The molecular formula is C26H36O12. The summed E-state index contributed by atoms with van der Waals surface area (Å²) in [6.07, 6.45) is -6.16. The molecule has 4 fully saturated rings. The zero-order valence-electron chi connectivity index (χ0n) is 21.3. The first-order chi connectivity index (χ1) is 18.0. The van der Waals surface area contributed by atoms with Crippen molar-refractivity contribution in [1.29, 1.82) is 0 Å². The Morgan fingerprint density at radius 2 is 1.92 bits per heavy atom. The summed E-state index contributed by atoms with van der Waals surface area (Å²) in [5.41, 5.74) is -0.0479. The summed E-state index contributed by atoms with van der Waals surface area (Å²) in [5, 5.41) is 51.7. The number of carbonyl (C=O) groups excluding carboxylic acids is 2. The number of fused-ring (bicyclic) bond motifs is 3. The molecule has 13 unspecified atom stereocenters. The lowest BCUT2D eigenvalue weighted by Gasteiger charge is -2.59. The van der Waals surface area contributed by atoms with Crippen molar-refractivity contribution in [3.05, 3.63) is 24.2 Å². The van der Waals surface area contributed by atoms with Gasteiger partial charge in [-0.25, -0.2) is 0 Å². The van der Waals surface area contributed by atoms with Crippen molar-refractivity contribution in [2.24, 2.45) is 23.2 Å². The van der Waals surface area contributed by atoms with Gasteiger partial charge in [0, 0.05) is 24.8 Å². The number of hydrogen-bond donors (Lipinski definition) is 5. The van der Waals surface area contributed by atoms with Crippen molar-refractivity contribution < 1.29 is 58.5 Å². The molecule has 2 aliphatic heterocycles. The summed E-state index contributed by atoms with van der Waals surface area (Å²) < 4.78 is 28.4. The fraction of sp³-hybridized carbons (Fsp3) is 0.769. The van der Waals surface area contributed by atoms with Crippen molar-refractivity contribution in [2.45, 2.75) is 94.7 Å². The highest BCUT2D eigenvalue weighted by atomic mass is 16.7. The van der Waals surface area contributed by atoms with E-state index in [1.165, 1.54) is 19.5 Å². The van der Waals surface area contributed by atoms with Gasteiger partial charge < -0.3 is 48.9 Å². The predicted molar refractivity (Wildman–Crippen MR) is 125 cm³/mol. The second-order valence-corrected chi connectivity index (χ2v) is 11.3. The average molecular weight is 541 g/mol. The van der Waals surface area contributed by atoms with Crippen LogP contribution in [0.2, 0.25) is 0 Å². The van der Waals surface area contributed by atoms with Crippen LogP contribution in [0, 0.1) is 23.2 Å². The highest BCUT2D eigenvalue weighted by Crippen LogP contribution is 2.60. The minimum Gasteiger partial charge on any atom is -0.472 e. The smallest absolute Gasteiger partial charge is 0.310 e. The SMILES string of the molecule is CC(=O)OC1C(O)CC(OC2OC(CO)C(O)C(O)C2O)C2CCC3C(=O)OC(c4ccoc4)CC3(C)C21. The second kappa shape index (κ2) is 10.5. The normalized spacial score (nSPS) is 47.0. The molecule has 5 rings (SSSR count). The van der Waals surface area contributed by atoms with Gasteiger partial charge in [-0.3, -0.25) is 9.59 Å². The van der Waals surface area contributed by atoms with E-state index in [0.29, 0.717) is 24.8 Å². The number of carbonyl (C=O) groups is 2. The van der Waals surface area contributed by atoms with Gasteiger partial charge in [0.2, 0.25) is 0 Å². The van der Waals surface area contributed by atoms with Crippen LogP contribution in [0.4, 0.5) is 0 Å². The molecule has 2 saturated carbocycles. The van der Waals surface area contributed by atoms with Crippen molar-refractivity contribution >= 4 is 11.9 Å². The summed E-state index contributed by atoms with van der Waals surface area (Å²) in [4.78, 5) is 25.3. The molecule has 2 aliphatic carbocycles. The van der Waals surface area contributed by atoms with E-state index in [-0.39, 0.29) is 18.3 Å². The largest absolute Gasteiger partial charge is 0.472 e. The molecule has 5 N–H and O–H groups in total. The lowest BCUT2D eigenvalue weighted by molar-refractivity contribution is -0.328. The van der Waals surface area contributed by atoms with Crippen molar-refractivity contribution in [3.63, 3.8) is 0 Å². The van der Waals surface area contributed by atoms with E-state index in [9.17, 15) is 35.1 Å². The lowest BCUT2D eigenvalue weighted by Crippen LogP contribution is -2.65. The summed E-state index contributed by atoms with van der Waals surface area (Å²) in [7, 11) is 0. The van der Waals surface area contributed by atoms with Gasteiger partial charge in [0.25, 0.3) is 0 Å². The third kappa shape index (κ3) is 4.66. The zero-order chi connectivity index (χ0) is 27.4. The number of esters is 2. The molecule has 0 aromatic carbocycles. The van der Waals surface area contributed by atoms with Gasteiger partial charge >= 0.3 is 11.9 Å². The highest BCUT2D eigenvalue weighted by Gasteiger charge is 2.63. The molecule has 0 bridgehead atoms. The number of cyclic esters (lactones) is 1. The molecule has 4 aliphatic rings. The van der Waals surface area contributed by atoms with E-state index in [0.717, 1.165) is 0 Å². The van der Waals surface area contributed by atoms with Crippen LogP contribution in [-0.4, -0.2) is 93.1 Å². The molecule has 13 atom stereocenters. The Hall–Kier alpha value is -2.06. The maximum Gasteiger partial charge on any atom is 0.310 e. The van der Waals surface area contributed by atoms with E-state index < -0.39 is 84.9 Å².